The number of carbonyl (C=O) groups is 1. The summed E-state index contributed by atoms with van der Waals surface area (Å²) in [4.78, 5) is 11.4. The van der Waals surface area contributed by atoms with E-state index in [0.29, 0.717) is 13.0 Å². The van der Waals surface area contributed by atoms with Crippen LogP contribution in [0, 0.1) is 5.92 Å². The third-order valence-electron chi connectivity index (χ3n) is 2.59. The zero-order chi connectivity index (χ0) is 11.6. The summed E-state index contributed by atoms with van der Waals surface area (Å²) in [5, 5.41) is 0. The second-order valence-electron chi connectivity index (χ2n) is 3.92. The lowest BCUT2D eigenvalue weighted by molar-refractivity contribution is -0.145. The second kappa shape index (κ2) is 4.64. The molecule has 0 aromatic heterocycles. The molecular weight excluding hydrogens is 247 g/mol. The van der Waals surface area contributed by atoms with Crippen LogP contribution < -0.4 is 0 Å². The summed E-state index contributed by atoms with van der Waals surface area (Å²) in [7, 11) is 0. The minimum absolute atomic E-state index is 0.291. The van der Waals surface area contributed by atoms with Crippen molar-refractivity contribution in [3.8, 4) is 0 Å². The van der Waals surface area contributed by atoms with Crippen LogP contribution in [-0.4, -0.2) is 16.9 Å². The maximum Gasteiger partial charge on any atom is 0.312 e. The highest BCUT2D eigenvalue weighted by molar-refractivity contribution is 6.52. The molecule has 0 aliphatic heterocycles. The normalized spacial score (nSPS) is 21.5. The Bertz CT molecular complexity index is 376. The quantitative estimate of drug-likeness (QED) is 0.613. The molecule has 0 radical (unpaired) electrons. The van der Waals surface area contributed by atoms with E-state index < -0.39 is 4.33 Å². The van der Waals surface area contributed by atoms with Gasteiger partial charge in [0.1, 0.15) is 4.33 Å². The maximum absolute atomic E-state index is 11.4. The molecular formula is C12H12Cl2O2. The van der Waals surface area contributed by atoms with Crippen LogP contribution in [-0.2, 0) is 16.0 Å². The summed E-state index contributed by atoms with van der Waals surface area (Å²) >= 11 is 11.5. The highest BCUT2D eigenvalue weighted by Crippen LogP contribution is 2.53. The zero-order valence-corrected chi connectivity index (χ0v) is 10.2. The molecule has 1 unspecified atom stereocenters. The molecule has 0 amide bonds. The number of alkyl halides is 2. The molecule has 1 aliphatic rings. The van der Waals surface area contributed by atoms with Crippen molar-refractivity contribution in [3.63, 3.8) is 0 Å². The second-order valence-corrected chi connectivity index (χ2v) is 5.46. The van der Waals surface area contributed by atoms with Gasteiger partial charge >= 0.3 is 5.97 Å². The van der Waals surface area contributed by atoms with E-state index in [1.807, 2.05) is 30.3 Å². The number of halogens is 2. The van der Waals surface area contributed by atoms with Crippen molar-refractivity contribution in [1.82, 2.24) is 0 Å². The first kappa shape index (κ1) is 11.7. The standard InChI is InChI=1S/C12H12Cl2O2/c13-12(14)8-10(12)11(15)16-7-6-9-4-2-1-3-5-9/h1-5,10H,6-8H2. The SMILES string of the molecule is O=C(OCCc1ccccc1)C1CC1(Cl)Cl. The number of benzene rings is 1. The average molecular weight is 259 g/mol. The number of esters is 1. The van der Waals surface area contributed by atoms with Crippen molar-refractivity contribution >= 4 is 29.2 Å². The minimum atomic E-state index is -0.885. The molecule has 4 heteroatoms. The lowest BCUT2D eigenvalue weighted by Gasteiger charge is -2.04. The van der Waals surface area contributed by atoms with Gasteiger partial charge in [-0.2, -0.15) is 0 Å². The van der Waals surface area contributed by atoms with Gasteiger partial charge in [0.05, 0.1) is 12.5 Å². The summed E-state index contributed by atoms with van der Waals surface area (Å²) < 4.78 is 4.21. The number of carbonyl (C=O) groups excluding carboxylic acids is 1. The molecule has 0 N–H and O–H groups in total. The Morgan fingerprint density at radius 1 is 1.38 bits per heavy atom. The summed E-state index contributed by atoms with van der Waals surface area (Å²) in [5.74, 6) is -0.632. The molecule has 1 aromatic rings. The Balaban J connectivity index is 1.71. The van der Waals surface area contributed by atoms with Gasteiger partial charge in [-0.15, -0.1) is 23.2 Å². The van der Waals surface area contributed by atoms with Crippen molar-refractivity contribution in [2.45, 2.75) is 17.2 Å². The van der Waals surface area contributed by atoms with Gasteiger partial charge in [-0.3, -0.25) is 4.79 Å². The van der Waals surface area contributed by atoms with Crippen LogP contribution in [0.4, 0.5) is 0 Å². The van der Waals surface area contributed by atoms with Crippen LogP contribution in [0.3, 0.4) is 0 Å². The van der Waals surface area contributed by atoms with Crippen molar-refractivity contribution in [3.05, 3.63) is 35.9 Å². The predicted octanol–water partition coefficient (Wildman–Crippen LogP) is 2.97. The fraction of sp³-hybridized carbons (Fsp3) is 0.417. The van der Waals surface area contributed by atoms with E-state index in [-0.39, 0.29) is 11.9 Å². The molecule has 1 fully saturated rings. The van der Waals surface area contributed by atoms with Crippen LogP contribution in [0.15, 0.2) is 30.3 Å². The number of hydrogen-bond acceptors (Lipinski definition) is 2. The molecule has 0 spiro atoms. The molecule has 2 nitrogen and oxygen atoms in total. The smallest absolute Gasteiger partial charge is 0.312 e. The van der Waals surface area contributed by atoms with Crippen LogP contribution in [0.2, 0.25) is 0 Å². The molecule has 2 rings (SSSR count). The molecule has 0 bridgehead atoms. The highest BCUT2D eigenvalue weighted by atomic mass is 35.5. The van der Waals surface area contributed by atoms with Crippen LogP contribution in [0.1, 0.15) is 12.0 Å². The van der Waals surface area contributed by atoms with E-state index in [0.717, 1.165) is 12.0 Å². The maximum atomic E-state index is 11.4. The van der Waals surface area contributed by atoms with Gasteiger partial charge < -0.3 is 4.74 Å². The van der Waals surface area contributed by atoms with Crippen molar-refractivity contribution in [1.29, 1.82) is 0 Å². The first-order valence-electron chi connectivity index (χ1n) is 5.18. The van der Waals surface area contributed by atoms with Gasteiger partial charge in [-0.05, 0) is 12.0 Å². The summed E-state index contributed by atoms with van der Waals surface area (Å²) in [6.07, 6.45) is 1.22. The Hall–Kier alpha value is -0.730. The van der Waals surface area contributed by atoms with E-state index in [4.69, 9.17) is 27.9 Å². The highest BCUT2D eigenvalue weighted by Gasteiger charge is 2.57. The van der Waals surface area contributed by atoms with E-state index in [2.05, 4.69) is 0 Å². The Morgan fingerprint density at radius 3 is 2.56 bits per heavy atom. The lowest BCUT2D eigenvalue weighted by Crippen LogP contribution is -2.12. The average Bonchev–Trinajstić information content (AvgIpc) is 2.89. The van der Waals surface area contributed by atoms with E-state index in [1.54, 1.807) is 0 Å². The largest absolute Gasteiger partial charge is 0.465 e. The summed E-state index contributed by atoms with van der Waals surface area (Å²) in [5.41, 5.74) is 1.15. The van der Waals surface area contributed by atoms with Crippen molar-refractivity contribution in [2.75, 3.05) is 6.61 Å². The predicted molar refractivity (Wildman–Crippen MR) is 63.6 cm³/mol. The molecule has 16 heavy (non-hydrogen) atoms. The summed E-state index contributed by atoms with van der Waals surface area (Å²) in [6.45, 7) is 0.378. The van der Waals surface area contributed by atoms with E-state index in [9.17, 15) is 4.79 Å². The van der Waals surface area contributed by atoms with Gasteiger partial charge in [0, 0.05) is 6.42 Å². The summed E-state index contributed by atoms with van der Waals surface area (Å²) in [6, 6.07) is 9.87. The van der Waals surface area contributed by atoms with Crippen molar-refractivity contribution in [2.24, 2.45) is 5.92 Å². The first-order chi connectivity index (χ1) is 7.59. The van der Waals surface area contributed by atoms with Crippen molar-refractivity contribution < 1.29 is 9.53 Å². The van der Waals surface area contributed by atoms with Gasteiger partial charge in [0.25, 0.3) is 0 Å². The van der Waals surface area contributed by atoms with Crippen LogP contribution >= 0.6 is 23.2 Å². The molecule has 1 saturated carbocycles. The van der Waals surface area contributed by atoms with Gasteiger partial charge in [-0.1, -0.05) is 30.3 Å². The van der Waals surface area contributed by atoms with Crippen LogP contribution in [0.5, 0.6) is 0 Å². The van der Waals surface area contributed by atoms with Gasteiger partial charge in [0.15, 0.2) is 0 Å². The zero-order valence-electron chi connectivity index (χ0n) is 8.66. The fourth-order valence-electron chi connectivity index (χ4n) is 1.48. The van der Waals surface area contributed by atoms with Crippen LogP contribution in [0.25, 0.3) is 0 Å². The molecule has 0 saturated heterocycles. The minimum Gasteiger partial charge on any atom is -0.465 e. The monoisotopic (exact) mass is 258 g/mol. The fourth-order valence-corrected chi connectivity index (χ4v) is 1.97. The number of ether oxygens (including phenoxy) is 1. The topological polar surface area (TPSA) is 26.3 Å². The molecule has 1 aliphatic carbocycles. The Kier molecular flexibility index (Phi) is 3.41. The molecule has 0 heterocycles. The molecule has 86 valence electrons. The van der Waals surface area contributed by atoms with Gasteiger partial charge in [-0.25, -0.2) is 0 Å². The number of rotatable bonds is 4. The first-order valence-corrected chi connectivity index (χ1v) is 5.93. The molecule has 1 atom stereocenters. The third-order valence-corrected chi connectivity index (χ3v) is 3.42. The van der Waals surface area contributed by atoms with Gasteiger partial charge in [0.2, 0.25) is 0 Å². The Morgan fingerprint density at radius 2 is 2.00 bits per heavy atom. The van der Waals surface area contributed by atoms with E-state index >= 15 is 0 Å². The Labute approximate surface area is 104 Å². The third kappa shape index (κ3) is 2.89. The lowest BCUT2D eigenvalue weighted by atomic mass is 10.2. The van der Waals surface area contributed by atoms with E-state index in [1.165, 1.54) is 0 Å². The number of hydrogen-bond donors (Lipinski definition) is 0. The molecule has 1 aromatic carbocycles.